The molecule has 0 saturated carbocycles. The van der Waals surface area contributed by atoms with E-state index in [9.17, 15) is 4.79 Å². The van der Waals surface area contributed by atoms with E-state index in [1.807, 2.05) is 0 Å². The zero-order valence-corrected chi connectivity index (χ0v) is 15.1. The molecule has 0 aliphatic carbocycles. The summed E-state index contributed by atoms with van der Waals surface area (Å²) in [5, 5.41) is 0. The molecule has 1 amide bonds. The van der Waals surface area contributed by atoms with Gasteiger partial charge < -0.3 is 14.5 Å². The second kappa shape index (κ2) is 7.44. The molecule has 3 heterocycles. The number of likely N-dealkylation sites (tertiary alicyclic amines) is 2. The van der Waals surface area contributed by atoms with Gasteiger partial charge in [0.1, 0.15) is 0 Å². The van der Waals surface area contributed by atoms with Crippen LogP contribution in [0.2, 0.25) is 0 Å². The normalized spacial score (nSPS) is 31.1. The third-order valence-electron chi connectivity index (χ3n) is 5.93. The average molecular weight is 343 g/mol. The van der Waals surface area contributed by atoms with Crippen LogP contribution in [0.4, 0.5) is 0 Å². The number of rotatable bonds is 3. The van der Waals surface area contributed by atoms with E-state index in [0.29, 0.717) is 11.9 Å². The number of morpholine rings is 1. The Morgan fingerprint density at radius 1 is 1.16 bits per heavy atom. The average Bonchev–Trinajstić information content (AvgIpc) is 3.07. The summed E-state index contributed by atoms with van der Waals surface area (Å²) < 4.78 is 6.01. The number of hydrogen-bond donors (Lipinski definition) is 0. The molecule has 0 aromatic heterocycles. The van der Waals surface area contributed by atoms with Gasteiger partial charge in [0, 0.05) is 32.7 Å². The van der Waals surface area contributed by atoms with Crippen LogP contribution in [0.1, 0.15) is 18.4 Å². The van der Waals surface area contributed by atoms with E-state index in [1.165, 1.54) is 5.56 Å². The Morgan fingerprint density at radius 2 is 2.00 bits per heavy atom. The fourth-order valence-corrected chi connectivity index (χ4v) is 4.58. The smallest absolute Gasteiger partial charge is 0.227 e. The van der Waals surface area contributed by atoms with Crippen molar-refractivity contribution in [2.24, 2.45) is 5.92 Å². The van der Waals surface area contributed by atoms with Gasteiger partial charge in [0.2, 0.25) is 5.91 Å². The zero-order valence-electron chi connectivity index (χ0n) is 15.1. The van der Waals surface area contributed by atoms with E-state index in [0.717, 1.165) is 58.7 Å². The molecule has 5 nitrogen and oxygen atoms in total. The van der Waals surface area contributed by atoms with Crippen LogP contribution < -0.4 is 0 Å². The minimum atomic E-state index is 0.168. The molecule has 0 radical (unpaired) electrons. The van der Waals surface area contributed by atoms with Gasteiger partial charge in [0.05, 0.1) is 24.7 Å². The van der Waals surface area contributed by atoms with Crippen LogP contribution in [0.25, 0.3) is 0 Å². The monoisotopic (exact) mass is 343 g/mol. The number of carbonyl (C=O) groups is 1. The molecular formula is C20H29N3O2. The number of fused-ring (bicyclic) bond motifs is 1. The minimum Gasteiger partial charge on any atom is -0.373 e. The molecule has 4 rings (SSSR count). The van der Waals surface area contributed by atoms with Gasteiger partial charge in [0.25, 0.3) is 0 Å². The van der Waals surface area contributed by atoms with Gasteiger partial charge in [-0.2, -0.15) is 0 Å². The molecule has 3 unspecified atom stereocenters. The summed E-state index contributed by atoms with van der Waals surface area (Å²) in [4.78, 5) is 19.8. The highest BCUT2D eigenvalue weighted by molar-refractivity contribution is 5.79. The Bertz CT molecular complexity index is 594. The van der Waals surface area contributed by atoms with Crippen molar-refractivity contribution in [3.05, 3.63) is 35.9 Å². The van der Waals surface area contributed by atoms with Crippen molar-refractivity contribution in [2.75, 3.05) is 46.4 Å². The summed E-state index contributed by atoms with van der Waals surface area (Å²) in [7, 11) is 2.12. The Hall–Kier alpha value is -1.43. The van der Waals surface area contributed by atoms with E-state index in [-0.39, 0.29) is 12.0 Å². The van der Waals surface area contributed by atoms with Crippen molar-refractivity contribution in [3.8, 4) is 0 Å². The Morgan fingerprint density at radius 3 is 2.80 bits per heavy atom. The first-order chi connectivity index (χ1) is 12.2. The molecule has 0 bridgehead atoms. The second-order valence-electron chi connectivity index (χ2n) is 7.78. The first-order valence-electron chi connectivity index (χ1n) is 9.57. The number of nitrogens with zero attached hydrogens (tertiary/aromatic N) is 3. The van der Waals surface area contributed by atoms with Gasteiger partial charge in [-0.1, -0.05) is 30.3 Å². The third kappa shape index (κ3) is 3.73. The summed E-state index contributed by atoms with van der Waals surface area (Å²) in [5.74, 6) is 0.505. The van der Waals surface area contributed by atoms with Crippen molar-refractivity contribution in [2.45, 2.75) is 31.5 Å². The predicted molar refractivity (Wildman–Crippen MR) is 97.2 cm³/mol. The summed E-state index contributed by atoms with van der Waals surface area (Å²) in [6, 6.07) is 10.9. The highest BCUT2D eigenvalue weighted by atomic mass is 16.5. The lowest BCUT2D eigenvalue weighted by atomic mass is 9.97. The van der Waals surface area contributed by atoms with Crippen LogP contribution in [0, 0.1) is 5.92 Å². The second-order valence-corrected chi connectivity index (χ2v) is 7.78. The molecule has 136 valence electrons. The molecule has 3 aliphatic rings. The number of ether oxygens (including phenoxy) is 1. The fourth-order valence-electron chi connectivity index (χ4n) is 4.58. The van der Waals surface area contributed by atoms with Gasteiger partial charge in [-0.25, -0.2) is 0 Å². The standard InChI is InChI=1S/C20H29N3O2/c1-21-9-5-8-17(13-21)20(24)23-14-18-19(15-23)25-11-10-22(18)12-16-6-3-2-4-7-16/h2-4,6-7,17-19H,5,8-15H2,1H3. The highest BCUT2D eigenvalue weighted by Gasteiger charge is 2.43. The molecule has 1 aromatic carbocycles. The largest absolute Gasteiger partial charge is 0.373 e. The third-order valence-corrected chi connectivity index (χ3v) is 5.93. The quantitative estimate of drug-likeness (QED) is 0.832. The van der Waals surface area contributed by atoms with Crippen LogP contribution in [0.5, 0.6) is 0 Å². The molecule has 3 fully saturated rings. The molecule has 3 aliphatic heterocycles. The molecule has 1 aromatic rings. The first-order valence-corrected chi connectivity index (χ1v) is 9.57. The maximum absolute atomic E-state index is 13.0. The lowest BCUT2D eigenvalue weighted by Crippen LogP contribution is -2.50. The van der Waals surface area contributed by atoms with E-state index in [1.54, 1.807) is 0 Å². The predicted octanol–water partition coefficient (Wildman–Crippen LogP) is 1.44. The van der Waals surface area contributed by atoms with Crippen LogP contribution in [0.15, 0.2) is 30.3 Å². The number of carbonyl (C=O) groups excluding carboxylic acids is 1. The van der Waals surface area contributed by atoms with E-state index >= 15 is 0 Å². The Balaban J connectivity index is 1.41. The summed E-state index contributed by atoms with van der Waals surface area (Å²) in [6.45, 7) is 6.25. The van der Waals surface area contributed by atoms with Gasteiger partial charge >= 0.3 is 0 Å². The van der Waals surface area contributed by atoms with Gasteiger partial charge in [-0.05, 0) is 32.0 Å². The van der Waals surface area contributed by atoms with Crippen LogP contribution in [0.3, 0.4) is 0 Å². The van der Waals surface area contributed by atoms with Gasteiger partial charge in [-0.3, -0.25) is 9.69 Å². The zero-order chi connectivity index (χ0) is 17.2. The molecule has 0 spiro atoms. The van der Waals surface area contributed by atoms with Gasteiger partial charge in [0.15, 0.2) is 0 Å². The number of piperidine rings is 1. The van der Waals surface area contributed by atoms with Crippen molar-refractivity contribution < 1.29 is 9.53 Å². The maximum atomic E-state index is 13.0. The van der Waals surface area contributed by atoms with Crippen LogP contribution in [-0.2, 0) is 16.1 Å². The van der Waals surface area contributed by atoms with E-state index < -0.39 is 0 Å². The minimum absolute atomic E-state index is 0.168. The fraction of sp³-hybridized carbons (Fsp3) is 0.650. The summed E-state index contributed by atoms with van der Waals surface area (Å²) in [6.07, 6.45) is 2.33. The van der Waals surface area contributed by atoms with Crippen LogP contribution in [-0.4, -0.2) is 79.1 Å². The van der Waals surface area contributed by atoms with Crippen molar-refractivity contribution in [3.63, 3.8) is 0 Å². The Labute approximate surface area is 150 Å². The number of hydrogen-bond acceptors (Lipinski definition) is 4. The molecule has 3 atom stereocenters. The van der Waals surface area contributed by atoms with Gasteiger partial charge in [-0.15, -0.1) is 0 Å². The Kier molecular flexibility index (Phi) is 5.06. The molecule has 0 N–H and O–H groups in total. The highest BCUT2D eigenvalue weighted by Crippen LogP contribution is 2.27. The van der Waals surface area contributed by atoms with Crippen molar-refractivity contribution >= 4 is 5.91 Å². The molecule has 25 heavy (non-hydrogen) atoms. The van der Waals surface area contributed by atoms with Crippen molar-refractivity contribution in [1.29, 1.82) is 0 Å². The topological polar surface area (TPSA) is 36.0 Å². The van der Waals surface area contributed by atoms with E-state index in [2.05, 4.69) is 52.1 Å². The lowest BCUT2D eigenvalue weighted by molar-refractivity contribution is -0.136. The summed E-state index contributed by atoms with van der Waals surface area (Å²) in [5.41, 5.74) is 1.34. The number of amides is 1. The van der Waals surface area contributed by atoms with Crippen molar-refractivity contribution in [1.82, 2.24) is 14.7 Å². The SMILES string of the molecule is CN1CCCC(C(=O)N2CC3OCCN(Cc4ccccc4)C3C2)C1. The first kappa shape index (κ1) is 17.0. The summed E-state index contributed by atoms with van der Waals surface area (Å²) >= 11 is 0. The molecule has 5 heteroatoms. The molecule has 3 saturated heterocycles. The van der Waals surface area contributed by atoms with E-state index in [4.69, 9.17) is 4.74 Å². The lowest BCUT2D eigenvalue weighted by Gasteiger charge is -2.36. The van der Waals surface area contributed by atoms with Crippen LogP contribution >= 0.6 is 0 Å². The number of benzene rings is 1. The molecular weight excluding hydrogens is 314 g/mol. The maximum Gasteiger partial charge on any atom is 0.227 e.